The largest absolute Gasteiger partial charge is 0.452 e. The van der Waals surface area contributed by atoms with E-state index in [0.717, 1.165) is 30.0 Å². The second kappa shape index (κ2) is 7.04. The molecule has 0 aromatic heterocycles. The van der Waals surface area contributed by atoms with Crippen LogP contribution in [0.3, 0.4) is 0 Å². The van der Waals surface area contributed by atoms with Crippen molar-refractivity contribution in [3.63, 3.8) is 0 Å². The van der Waals surface area contributed by atoms with Crippen LogP contribution >= 0.6 is 0 Å². The molecule has 1 aliphatic rings. The van der Waals surface area contributed by atoms with Gasteiger partial charge < -0.3 is 9.64 Å². The van der Waals surface area contributed by atoms with E-state index in [1.807, 2.05) is 41.3 Å². The Morgan fingerprint density at radius 2 is 1.71 bits per heavy atom. The van der Waals surface area contributed by atoms with Gasteiger partial charge in [-0.2, -0.15) is 0 Å². The maximum absolute atomic E-state index is 12.5. The maximum atomic E-state index is 12.5. The lowest BCUT2D eigenvalue weighted by molar-refractivity contribution is -0.140. The Morgan fingerprint density at radius 1 is 1.04 bits per heavy atom. The molecule has 0 bridgehead atoms. The van der Waals surface area contributed by atoms with E-state index in [2.05, 4.69) is 13.8 Å². The smallest absolute Gasteiger partial charge is 0.339 e. The highest BCUT2D eigenvalue weighted by atomic mass is 16.5. The number of amides is 1. The van der Waals surface area contributed by atoms with Crippen LogP contribution in [-0.2, 0) is 9.53 Å². The summed E-state index contributed by atoms with van der Waals surface area (Å²) in [6.07, 6.45) is 3.16. The maximum Gasteiger partial charge on any atom is 0.339 e. The lowest BCUT2D eigenvalue weighted by Gasteiger charge is -2.38. The Balaban J connectivity index is 1.70. The molecule has 24 heavy (non-hydrogen) atoms. The molecule has 126 valence electrons. The summed E-state index contributed by atoms with van der Waals surface area (Å²) in [4.78, 5) is 26.7. The van der Waals surface area contributed by atoms with Crippen molar-refractivity contribution >= 4 is 22.6 Å². The molecular formula is C20H23NO3. The molecule has 0 spiro atoms. The Labute approximate surface area is 142 Å². The van der Waals surface area contributed by atoms with Gasteiger partial charge in [-0.05, 0) is 49.9 Å². The predicted octanol–water partition coefficient (Wildman–Crippen LogP) is 3.79. The van der Waals surface area contributed by atoms with Crippen LogP contribution in [0, 0.1) is 0 Å². The highest BCUT2D eigenvalue weighted by Crippen LogP contribution is 2.23. The number of hydrogen-bond acceptors (Lipinski definition) is 3. The zero-order valence-electron chi connectivity index (χ0n) is 14.2. The fourth-order valence-electron chi connectivity index (χ4n) is 3.60. The van der Waals surface area contributed by atoms with Crippen LogP contribution in [-0.4, -0.2) is 35.5 Å². The molecule has 0 unspecified atom stereocenters. The predicted molar refractivity (Wildman–Crippen MR) is 93.9 cm³/mol. The molecule has 4 nitrogen and oxygen atoms in total. The summed E-state index contributed by atoms with van der Waals surface area (Å²) in [6, 6.07) is 13.6. The van der Waals surface area contributed by atoms with E-state index in [4.69, 9.17) is 4.74 Å². The van der Waals surface area contributed by atoms with Gasteiger partial charge in [0.25, 0.3) is 5.91 Å². The van der Waals surface area contributed by atoms with Gasteiger partial charge in [-0.25, -0.2) is 4.79 Å². The topological polar surface area (TPSA) is 46.6 Å². The summed E-state index contributed by atoms with van der Waals surface area (Å²) < 4.78 is 5.32. The van der Waals surface area contributed by atoms with Gasteiger partial charge in [0.15, 0.2) is 6.61 Å². The van der Waals surface area contributed by atoms with Crippen LogP contribution in [0.4, 0.5) is 0 Å². The van der Waals surface area contributed by atoms with Crippen molar-refractivity contribution in [2.75, 3.05) is 6.61 Å². The van der Waals surface area contributed by atoms with Gasteiger partial charge in [0.1, 0.15) is 0 Å². The van der Waals surface area contributed by atoms with Crippen molar-refractivity contribution in [2.24, 2.45) is 0 Å². The number of fused-ring (bicyclic) bond motifs is 1. The van der Waals surface area contributed by atoms with Crippen LogP contribution in [0.25, 0.3) is 10.8 Å². The molecule has 4 heteroatoms. The SMILES string of the molecule is C[C@@H]1CCC[C@@H](C)N1C(=O)COC(=O)c1cccc2ccccc12. The Morgan fingerprint density at radius 3 is 2.46 bits per heavy atom. The van der Waals surface area contributed by atoms with E-state index in [1.165, 1.54) is 0 Å². The van der Waals surface area contributed by atoms with E-state index in [1.54, 1.807) is 6.07 Å². The normalized spacial score (nSPS) is 20.8. The van der Waals surface area contributed by atoms with Gasteiger partial charge in [0.2, 0.25) is 0 Å². The number of carbonyl (C=O) groups is 2. The van der Waals surface area contributed by atoms with E-state index in [0.29, 0.717) is 5.56 Å². The first-order chi connectivity index (χ1) is 11.6. The molecule has 1 saturated heterocycles. The minimum Gasteiger partial charge on any atom is -0.452 e. The van der Waals surface area contributed by atoms with Gasteiger partial charge in [-0.3, -0.25) is 4.79 Å². The van der Waals surface area contributed by atoms with Crippen LogP contribution in [0.15, 0.2) is 42.5 Å². The zero-order valence-corrected chi connectivity index (χ0v) is 14.2. The summed E-state index contributed by atoms with van der Waals surface area (Å²) in [5, 5.41) is 1.83. The van der Waals surface area contributed by atoms with Crippen LogP contribution in [0.2, 0.25) is 0 Å². The number of likely N-dealkylation sites (tertiary alicyclic amines) is 1. The third kappa shape index (κ3) is 3.28. The highest BCUT2D eigenvalue weighted by molar-refractivity contribution is 6.04. The van der Waals surface area contributed by atoms with Crippen molar-refractivity contribution in [1.82, 2.24) is 4.90 Å². The number of ether oxygens (including phenoxy) is 1. The van der Waals surface area contributed by atoms with Crippen LogP contribution in [0.1, 0.15) is 43.5 Å². The van der Waals surface area contributed by atoms with Gasteiger partial charge in [0, 0.05) is 12.1 Å². The molecule has 1 aliphatic heterocycles. The molecule has 0 saturated carbocycles. The van der Waals surface area contributed by atoms with Gasteiger partial charge >= 0.3 is 5.97 Å². The Bertz CT molecular complexity index is 740. The number of esters is 1. The molecule has 0 radical (unpaired) electrons. The minimum atomic E-state index is -0.447. The first-order valence-corrected chi connectivity index (χ1v) is 8.54. The van der Waals surface area contributed by atoms with Crippen molar-refractivity contribution < 1.29 is 14.3 Å². The molecule has 0 N–H and O–H groups in total. The molecule has 3 rings (SSSR count). The number of carbonyl (C=O) groups excluding carboxylic acids is 2. The first-order valence-electron chi connectivity index (χ1n) is 8.54. The summed E-state index contributed by atoms with van der Waals surface area (Å²) >= 11 is 0. The molecule has 2 atom stereocenters. The quantitative estimate of drug-likeness (QED) is 0.807. The minimum absolute atomic E-state index is 0.108. The number of nitrogens with zero attached hydrogens (tertiary/aromatic N) is 1. The number of rotatable bonds is 3. The molecule has 1 fully saturated rings. The summed E-state index contributed by atoms with van der Waals surface area (Å²) in [5.41, 5.74) is 0.501. The van der Waals surface area contributed by atoms with Crippen molar-refractivity contribution in [3.05, 3.63) is 48.0 Å². The van der Waals surface area contributed by atoms with E-state index >= 15 is 0 Å². The summed E-state index contributed by atoms with van der Waals surface area (Å²) in [6.45, 7) is 3.91. The van der Waals surface area contributed by atoms with Crippen LogP contribution < -0.4 is 0 Å². The van der Waals surface area contributed by atoms with Crippen LogP contribution in [0.5, 0.6) is 0 Å². The van der Waals surface area contributed by atoms with Crippen molar-refractivity contribution in [3.8, 4) is 0 Å². The summed E-state index contributed by atoms with van der Waals surface area (Å²) in [7, 11) is 0. The first kappa shape index (κ1) is 16.5. The number of hydrogen-bond donors (Lipinski definition) is 0. The third-order valence-corrected chi connectivity index (χ3v) is 4.82. The van der Waals surface area contributed by atoms with Gasteiger partial charge in [-0.1, -0.05) is 36.4 Å². The lowest BCUT2D eigenvalue weighted by Crippen LogP contribution is -2.49. The fourth-order valence-corrected chi connectivity index (χ4v) is 3.60. The zero-order chi connectivity index (χ0) is 17.1. The molecule has 2 aromatic carbocycles. The Kier molecular flexibility index (Phi) is 4.84. The fraction of sp³-hybridized carbons (Fsp3) is 0.400. The molecule has 2 aromatic rings. The van der Waals surface area contributed by atoms with E-state index in [9.17, 15) is 9.59 Å². The second-order valence-electron chi connectivity index (χ2n) is 6.53. The Hall–Kier alpha value is -2.36. The monoisotopic (exact) mass is 325 g/mol. The second-order valence-corrected chi connectivity index (χ2v) is 6.53. The standard InChI is InChI=1S/C20H23NO3/c1-14-7-5-8-15(2)21(14)19(22)13-24-20(23)18-12-6-10-16-9-3-4-11-17(16)18/h3-4,6,9-12,14-15H,5,7-8,13H2,1-2H3/t14-,15-/m1/s1. The molecule has 1 heterocycles. The number of benzene rings is 2. The lowest BCUT2D eigenvalue weighted by atomic mass is 9.97. The average Bonchev–Trinajstić information content (AvgIpc) is 2.59. The molecular weight excluding hydrogens is 302 g/mol. The van der Waals surface area contributed by atoms with Crippen molar-refractivity contribution in [1.29, 1.82) is 0 Å². The number of piperidine rings is 1. The average molecular weight is 325 g/mol. The van der Waals surface area contributed by atoms with E-state index < -0.39 is 5.97 Å². The molecule has 1 amide bonds. The van der Waals surface area contributed by atoms with E-state index in [-0.39, 0.29) is 24.6 Å². The highest BCUT2D eigenvalue weighted by Gasteiger charge is 2.29. The molecule has 0 aliphatic carbocycles. The van der Waals surface area contributed by atoms with Gasteiger partial charge in [0.05, 0.1) is 5.56 Å². The van der Waals surface area contributed by atoms with Gasteiger partial charge in [-0.15, -0.1) is 0 Å². The summed E-state index contributed by atoms with van der Waals surface area (Å²) in [5.74, 6) is -0.555. The third-order valence-electron chi connectivity index (χ3n) is 4.82. The van der Waals surface area contributed by atoms with Crippen molar-refractivity contribution in [2.45, 2.75) is 45.2 Å².